The lowest BCUT2D eigenvalue weighted by atomic mass is 10.1. The lowest BCUT2D eigenvalue weighted by Gasteiger charge is -2.09. The van der Waals surface area contributed by atoms with Crippen molar-refractivity contribution in [2.45, 2.75) is 13.5 Å². The van der Waals surface area contributed by atoms with Gasteiger partial charge in [0.2, 0.25) is 0 Å². The minimum atomic E-state index is -1.11. The minimum Gasteiger partial charge on any atom is -0.476 e. The van der Waals surface area contributed by atoms with Crippen LogP contribution in [0.15, 0.2) is 48.5 Å². The van der Waals surface area contributed by atoms with Crippen molar-refractivity contribution >= 4 is 11.7 Å². The van der Waals surface area contributed by atoms with E-state index in [0.29, 0.717) is 23.5 Å². The van der Waals surface area contributed by atoms with Crippen LogP contribution in [0.3, 0.4) is 0 Å². The number of benzene rings is 2. The van der Waals surface area contributed by atoms with Crippen molar-refractivity contribution in [3.8, 4) is 11.3 Å². The highest BCUT2D eigenvalue weighted by molar-refractivity contribution is 5.93. The number of carboxylic acids is 1. The fourth-order valence-corrected chi connectivity index (χ4v) is 2.40. The summed E-state index contributed by atoms with van der Waals surface area (Å²) in [4.78, 5) is 11.5. The maximum Gasteiger partial charge on any atom is 0.358 e. The summed E-state index contributed by atoms with van der Waals surface area (Å²) in [6, 6.07) is 15.1. The third-order valence-corrected chi connectivity index (χ3v) is 3.67. The molecule has 0 saturated carbocycles. The van der Waals surface area contributed by atoms with Crippen LogP contribution in [-0.2, 0) is 6.54 Å². The molecule has 0 amide bonds. The second-order valence-corrected chi connectivity index (χ2v) is 5.31. The summed E-state index contributed by atoms with van der Waals surface area (Å²) >= 11 is 0. The second-order valence-electron chi connectivity index (χ2n) is 5.31. The largest absolute Gasteiger partial charge is 0.476 e. The van der Waals surface area contributed by atoms with Crippen molar-refractivity contribution in [3.63, 3.8) is 0 Å². The first-order valence-corrected chi connectivity index (χ1v) is 7.13. The number of carboxylic acid groups (broad SMARTS) is 1. The van der Waals surface area contributed by atoms with Crippen LogP contribution in [0.4, 0.5) is 5.69 Å². The molecule has 0 spiro atoms. The molecule has 2 aromatic carbocycles. The first kappa shape index (κ1) is 14.8. The van der Waals surface area contributed by atoms with Crippen LogP contribution < -0.4 is 5.73 Å². The van der Waals surface area contributed by atoms with Gasteiger partial charge in [-0.05, 0) is 24.1 Å². The molecule has 0 aliphatic heterocycles. The van der Waals surface area contributed by atoms with Crippen molar-refractivity contribution in [1.82, 2.24) is 15.0 Å². The van der Waals surface area contributed by atoms with Gasteiger partial charge in [0.1, 0.15) is 5.69 Å². The Balaban J connectivity index is 2.11. The van der Waals surface area contributed by atoms with Crippen molar-refractivity contribution in [2.24, 2.45) is 0 Å². The van der Waals surface area contributed by atoms with Gasteiger partial charge >= 0.3 is 5.97 Å². The molecule has 0 radical (unpaired) electrons. The molecule has 0 aliphatic rings. The van der Waals surface area contributed by atoms with Crippen LogP contribution in [0.5, 0.6) is 0 Å². The number of aromatic nitrogens is 3. The molecule has 0 aliphatic carbocycles. The summed E-state index contributed by atoms with van der Waals surface area (Å²) in [5.74, 6) is -1.11. The molecule has 1 aromatic heterocycles. The second kappa shape index (κ2) is 5.92. The van der Waals surface area contributed by atoms with E-state index in [4.69, 9.17) is 5.73 Å². The number of aryl methyl sites for hydroxylation is 1. The number of rotatable bonds is 4. The van der Waals surface area contributed by atoms with Crippen LogP contribution in [0.1, 0.15) is 21.6 Å². The van der Waals surface area contributed by atoms with E-state index in [-0.39, 0.29) is 5.69 Å². The van der Waals surface area contributed by atoms with Gasteiger partial charge in [0.15, 0.2) is 5.69 Å². The third kappa shape index (κ3) is 2.91. The first-order chi connectivity index (χ1) is 11.1. The zero-order valence-electron chi connectivity index (χ0n) is 12.6. The first-order valence-electron chi connectivity index (χ1n) is 7.13. The number of aromatic carboxylic acids is 1. The van der Waals surface area contributed by atoms with E-state index in [9.17, 15) is 9.90 Å². The summed E-state index contributed by atoms with van der Waals surface area (Å²) in [7, 11) is 0. The quantitative estimate of drug-likeness (QED) is 0.722. The normalized spacial score (nSPS) is 10.7. The Morgan fingerprint density at radius 1 is 1.22 bits per heavy atom. The maximum absolute atomic E-state index is 11.5. The third-order valence-electron chi connectivity index (χ3n) is 3.67. The van der Waals surface area contributed by atoms with E-state index in [1.165, 1.54) is 0 Å². The predicted molar refractivity (Wildman–Crippen MR) is 87.1 cm³/mol. The Hall–Kier alpha value is -3.15. The Morgan fingerprint density at radius 2 is 1.96 bits per heavy atom. The molecule has 3 rings (SSSR count). The molecule has 3 aromatic rings. The number of carbonyl (C=O) groups is 1. The van der Waals surface area contributed by atoms with E-state index >= 15 is 0 Å². The molecule has 6 nitrogen and oxygen atoms in total. The van der Waals surface area contributed by atoms with Crippen molar-refractivity contribution in [1.29, 1.82) is 0 Å². The molecule has 0 atom stereocenters. The number of anilines is 1. The van der Waals surface area contributed by atoms with Crippen molar-refractivity contribution in [2.75, 3.05) is 5.73 Å². The van der Waals surface area contributed by atoms with Crippen LogP contribution in [0, 0.1) is 6.92 Å². The van der Waals surface area contributed by atoms with Crippen LogP contribution in [0.2, 0.25) is 0 Å². The molecule has 1 heterocycles. The molecule has 0 saturated heterocycles. The fraction of sp³-hybridized carbons (Fsp3) is 0.118. The Kier molecular flexibility index (Phi) is 3.80. The summed E-state index contributed by atoms with van der Waals surface area (Å²) in [5.41, 5.74) is 9.57. The SMILES string of the molecule is Cc1ccc(-c2c(C(=O)O)nnn2Cc2ccccc2)cc1N. The van der Waals surface area contributed by atoms with Gasteiger partial charge in [-0.1, -0.05) is 47.7 Å². The number of hydrogen-bond donors (Lipinski definition) is 2. The Morgan fingerprint density at radius 3 is 2.61 bits per heavy atom. The molecule has 0 fully saturated rings. The Bertz CT molecular complexity index is 856. The highest BCUT2D eigenvalue weighted by Crippen LogP contribution is 2.26. The van der Waals surface area contributed by atoms with E-state index in [1.54, 1.807) is 10.7 Å². The van der Waals surface area contributed by atoms with Crippen LogP contribution in [-0.4, -0.2) is 26.1 Å². The van der Waals surface area contributed by atoms with E-state index in [1.807, 2.05) is 49.4 Å². The van der Waals surface area contributed by atoms with Crippen LogP contribution in [0.25, 0.3) is 11.3 Å². The highest BCUT2D eigenvalue weighted by Gasteiger charge is 2.21. The van der Waals surface area contributed by atoms with Gasteiger partial charge in [0.05, 0.1) is 6.54 Å². The summed E-state index contributed by atoms with van der Waals surface area (Å²) < 4.78 is 1.59. The number of hydrogen-bond acceptors (Lipinski definition) is 4. The topological polar surface area (TPSA) is 94.0 Å². The summed E-state index contributed by atoms with van der Waals surface area (Å²) in [5, 5.41) is 17.2. The van der Waals surface area contributed by atoms with Gasteiger partial charge in [0.25, 0.3) is 0 Å². The molecule has 116 valence electrons. The van der Waals surface area contributed by atoms with Gasteiger partial charge in [-0.2, -0.15) is 0 Å². The lowest BCUT2D eigenvalue weighted by Crippen LogP contribution is -2.06. The highest BCUT2D eigenvalue weighted by atomic mass is 16.4. The van der Waals surface area contributed by atoms with Gasteiger partial charge in [-0.3, -0.25) is 0 Å². The van der Waals surface area contributed by atoms with Gasteiger partial charge < -0.3 is 10.8 Å². The van der Waals surface area contributed by atoms with E-state index in [0.717, 1.165) is 11.1 Å². The van der Waals surface area contributed by atoms with Crippen molar-refractivity contribution in [3.05, 3.63) is 65.4 Å². The smallest absolute Gasteiger partial charge is 0.358 e. The average Bonchev–Trinajstić information content (AvgIpc) is 2.95. The van der Waals surface area contributed by atoms with Gasteiger partial charge in [-0.25, -0.2) is 9.48 Å². The zero-order chi connectivity index (χ0) is 16.4. The molecule has 6 heteroatoms. The standard InChI is InChI=1S/C17H16N4O2/c1-11-7-8-13(9-14(11)18)16-15(17(22)23)19-20-21(16)10-12-5-3-2-4-6-12/h2-9H,10,18H2,1H3,(H,22,23). The monoisotopic (exact) mass is 308 g/mol. The average molecular weight is 308 g/mol. The fourth-order valence-electron chi connectivity index (χ4n) is 2.40. The number of nitrogens with two attached hydrogens (primary N) is 1. The van der Waals surface area contributed by atoms with E-state index in [2.05, 4.69) is 10.3 Å². The number of nitrogen functional groups attached to an aromatic ring is 1. The van der Waals surface area contributed by atoms with Gasteiger partial charge in [0, 0.05) is 11.3 Å². The predicted octanol–water partition coefficient (Wildman–Crippen LogP) is 2.58. The molecular weight excluding hydrogens is 292 g/mol. The summed E-state index contributed by atoms with van der Waals surface area (Å²) in [6.07, 6.45) is 0. The van der Waals surface area contributed by atoms with E-state index < -0.39 is 5.97 Å². The zero-order valence-corrected chi connectivity index (χ0v) is 12.6. The minimum absolute atomic E-state index is 0.0795. The number of nitrogens with zero attached hydrogens (tertiary/aromatic N) is 3. The molecule has 3 N–H and O–H groups in total. The molecular formula is C17H16N4O2. The Labute approximate surface area is 133 Å². The summed E-state index contributed by atoms with van der Waals surface area (Å²) in [6.45, 7) is 2.33. The maximum atomic E-state index is 11.5. The van der Waals surface area contributed by atoms with Gasteiger partial charge in [-0.15, -0.1) is 5.10 Å². The lowest BCUT2D eigenvalue weighted by molar-refractivity contribution is 0.0691. The van der Waals surface area contributed by atoms with Crippen molar-refractivity contribution < 1.29 is 9.90 Å². The molecule has 0 bridgehead atoms. The van der Waals surface area contributed by atoms with Crippen LogP contribution >= 0.6 is 0 Å². The molecule has 23 heavy (non-hydrogen) atoms. The molecule has 0 unspecified atom stereocenters.